The quantitative estimate of drug-likeness (QED) is 0.464. The molecule has 7 heteroatoms. The van der Waals surface area contributed by atoms with Crippen LogP contribution in [0.2, 0.25) is 0 Å². The molecule has 0 amide bonds. The molecule has 0 aromatic rings. The van der Waals surface area contributed by atoms with Gasteiger partial charge < -0.3 is 19.7 Å². The van der Waals surface area contributed by atoms with E-state index in [0.29, 0.717) is 31.6 Å². The minimum absolute atomic E-state index is 0.00317. The Morgan fingerprint density at radius 2 is 2.03 bits per heavy atom. The highest BCUT2D eigenvalue weighted by Crippen LogP contribution is 2.48. The first-order valence-corrected chi connectivity index (χ1v) is 11.7. The number of aliphatic hydroxyl groups is 1. The van der Waals surface area contributed by atoms with Crippen LogP contribution in [0.5, 0.6) is 0 Å². The molecule has 0 radical (unpaired) electrons. The Kier molecular flexibility index (Phi) is 7.78. The van der Waals surface area contributed by atoms with Crippen LogP contribution in [0, 0.1) is 29.6 Å². The van der Waals surface area contributed by atoms with Crippen LogP contribution in [0.15, 0.2) is 11.6 Å². The summed E-state index contributed by atoms with van der Waals surface area (Å²) in [4.78, 5) is 36.0. The largest absolute Gasteiger partial charge is 0.481 e. The molecule has 31 heavy (non-hydrogen) atoms. The van der Waals surface area contributed by atoms with Gasteiger partial charge in [-0.2, -0.15) is 0 Å². The zero-order valence-corrected chi connectivity index (χ0v) is 18.8. The smallest absolute Gasteiger partial charge is 0.310 e. The molecule has 7 nitrogen and oxygen atoms in total. The molecule has 0 bridgehead atoms. The van der Waals surface area contributed by atoms with Crippen LogP contribution in [-0.4, -0.2) is 46.4 Å². The van der Waals surface area contributed by atoms with Gasteiger partial charge in [-0.05, 0) is 43.9 Å². The van der Waals surface area contributed by atoms with Gasteiger partial charge in [-0.15, -0.1) is 0 Å². The second-order valence-corrected chi connectivity index (χ2v) is 9.70. The van der Waals surface area contributed by atoms with E-state index in [4.69, 9.17) is 9.47 Å². The number of carboxylic acid groups (broad SMARTS) is 1. The number of hydrogen-bond donors (Lipinski definition) is 2. The maximum absolute atomic E-state index is 12.6. The van der Waals surface area contributed by atoms with Crippen LogP contribution >= 0.6 is 0 Å². The lowest BCUT2D eigenvalue weighted by atomic mass is 9.62. The predicted molar refractivity (Wildman–Crippen MR) is 113 cm³/mol. The van der Waals surface area contributed by atoms with E-state index < -0.39 is 24.1 Å². The van der Waals surface area contributed by atoms with Crippen molar-refractivity contribution in [2.24, 2.45) is 29.6 Å². The highest BCUT2D eigenvalue weighted by atomic mass is 16.6. The van der Waals surface area contributed by atoms with Gasteiger partial charge in [0.15, 0.2) is 0 Å². The Balaban J connectivity index is 1.79. The Morgan fingerprint density at radius 3 is 2.68 bits per heavy atom. The fraction of sp³-hybridized carbons (Fsp3) is 0.792. The molecule has 1 saturated carbocycles. The number of rotatable bonds is 7. The van der Waals surface area contributed by atoms with Crippen LogP contribution in [0.25, 0.3) is 0 Å². The molecule has 2 aliphatic carbocycles. The number of fused-ring (bicyclic) bond motifs is 1. The Morgan fingerprint density at radius 1 is 1.29 bits per heavy atom. The molecule has 2 fully saturated rings. The van der Waals surface area contributed by atoms with Crippen LogP contribution in [0.3, 0.4) is 0 Å². The number of esters is 2. The van der Waals surface area contributed by atoms with E-state index in [1.54, 1.807) is 0 Å². The van der Waals surface area contributed by atoms with Gasteiger partial charge in [-0.25, -0.2) is 0 Å². The minimum Gasteiger partial charge on any atom is -0.481 e. The summed E-state index contributed by atoms with van der Waals surface area (Å²) in [5.74, 6) is -1.77. The number of hydrogen-bond acceptors (Lipinski definition) is 6. The first kappa shape index (κ1) is 23.8. The lowest BCUT2D eigenvalue weighted by molar-refractivity contribution is -0.163. The topological polar surface area (TPSA) is 110 Å². The lowest BCUT2D eigenvalue weighted by Crippen LogP contribution is -2.44. The standard InChI is InChI=1S/C24H36O7/c1-4-13(2)24(29)31-20-10-16(23(27)28)9-15-6-5-14(3)19(22(15)20)8-7-18-11-17(25)12-21(26)30-18/h9,13-14,16-20,22,25H,4-8,10-12H2,1-3H3,(H,27,28)/t13?,14-,16-,17+,18+,19-,20-,22-/m0/s1. The predicted octanol–water partition coefficient (Wildman–Crippen LogP) is 3.48. The van der Waals surface area contributed by atoms with Crippen molar-refractivity contribution in [2.45, 2.75) is 90.4 Å². The van der Waals surface area contributed by atoms with E-state index >= 15 is 0 Å². The van der Waals surface area contributed by atoms with Crippen molar-refractivity contribution >= 4 is 17.9 Å². The van der Waals surface area contributed by atoms with Crippen molar-refractivity contribution in [1.29, 1.82) is 0 Å². The molecule has 1 heterocycles. The van der Waals surface area contributed by atoms with Gasteiger partial charge in [0, 0.05) is 18.8 Å². The van der Waals surface area contributed by atoms with E-state index in [0.717, 1.165) is 24.8 Å². The zero-order valence-electron chi connectivity index (χ0n) is 18.8. The van der Waals surface area contributed by atoms with Crippen molar-refractivity contribution in [3.63, 3.8) is 0 Å². The Labute approximate surface area is 184 Å². The van der Waals surface area contributed by atoms with E-state index in [1.807, 2.05) is 19.9 Å². The molecule has 0 aromatic heterocycles. The van der Waals surface area contributed by atoms with Crippen molar-refractivity contribution in [3.05, 3.63) is 11.6 Å². The highest BCUT2D eigenvalue weighted by Gasteiger charge is 2.45. The minimum atomic E-state index is -0.881. The fourth-order valence-electron chi connectivity index (χ4n) is 5.44. The number of carbonyl (C=O) groups is 3. The van der Waals surface area contributed by atoms with Crippen molar-refractivity contribution in [1.82, 2.24) is 0 Å². The molecule has 1 unspecified atom stereocenters. The Hall–Kier alpha value is -1.89. The third-order valence-corrected chi connectivity index (χ3v) is 7.47. The normalized spacial score (nSPS) is 36.6. The van der Waals surface area contributed by atoms with Gasteiger partial charge in [-0.1, -0.05) is 32.4 Å². The summed E-state index contributed by atoms with van der Waals surface area (Å²) in [6.07, 6.45) is 5.17. The van der Waals surface area contributed by atoms with Gasteiger partial charge >= 0.3 is 17.9 Å². The molecule has 2 N–H and O–H groups in total. The zero-order chi connectivity index (χ0) is 22.7. The second kappa shape index (κ2) is 10.2. The SMILES string of the molecule is CCC(C)C(=O)O[C@H]1C[C@@H](C(=O)O)C=C2CC[C@H](C)[C@H](CC[C@@H]3C[C@@H](O)CC(=O)O3)[C@H]21. The van der Waals surface area contributed by atoms with Gasteiger partial charge in [0.1, 0.15) is 12.2 Å². The monoisotopic (exact) mass is 436 g/mol. The summed E-state index contributed by atoms with van der Waals surface area (Å²) in [5, 5.41) is 19.5. The average Bonchev–Trinajstić information content (AvgIpc) is 2.71. The number of carboxylic acids is 1. The summed E-state index contributed by atoms with van der Waals surface area (Å²) in [6, 6.07) is 0. The number of aliphatic carboxylic acids is 1. The van der Waals surface area contributed by atoms with Gasteiger partial charge in [-0.3, -0.25) is 14.4 Å². The summed E-state index contributed by atoms with van der Waals surface area (Å²) < 4.78 is 11.4. The average molecular weight is 437 g/mol. The molecule has 174 valence electrons. The second-order valence-electron chi connectivity index (χ2n) is 9.70. The summed E-state index contributed by atoms with van der Waals surface area (Å²) in [5.41, 5.74) is 1.09. The van der Waals surface area contributed by atoms with Crippen LogP contribution in [0.4, 0.5) is 0 Å². The molecule has 8 atom stereocenters. The van der Waals surface area contributed by atoms with Crippen molar-refractivity contribution < 1.29 is 34.1 Å². The molecular weight excluding hydrogens is 400 g/mol. The lowest BCUT2D eigenvalue weighted by Gasteiger charge is -2.46. The summed E-state index contributed by atoms with van der Waals surface area (Å²) >= 11 is 0. The molecule has 0 aromatic carbocycles. The van der Waals surface area contributed by atoms with Crippen LogP contribution in [0.1, 0.15) is 72.1 Å². The van der Waals surface area contributed by atoms with E-state index in [9.17, 15) is 24.6 Å². The maximum Gasteiger partial charge on any atom is 0.310 e. The third kappa shape index (κ3) is 5.68. The van der Waals surface area contributed by atoms with Gasteiger partial charge in [0.25, 0.3) is 0 Å². The first-order valence-electron chi connectivity index (χ1n) is 11.7. The highest BCUT2D eigenvalue weighted by molar-refractivity contribution is 5.74. The van der Waals surface area contributed by atoms with Crippen LogP contribution < -0.4 is 0 Å². The van der Waals surface area contributed by atoms with Crippen LogP contribution in [-0.2, 0) is 23.9 Å². The molecular formula is C24H36O7. The third-order valence-electron chi connectivity index (χ3n) is 7.47. The number of carbonyl (C=O) groups excluding carboxylic acids is 2. The van der Waals surface area contributed by atoms with E-state index in [2.05, 4.69) is 6.92 Å². The molecule has 3 rings (SSSR count). The van der Waals surface area contributed by atoms with Gasteiger partial charge in [0.05, 0.1) is 24.4 Å². The van der Waals surface area contributed by atoms with E-state index in [1.165, 1.54) is 0 Å². The summed E-state index contributed by atoms with van der Waals surface area (Å²) in [6.45, 7) is 5.96. The first-order chi connectivity index (χ1) is 14.7. The fourth-order valence-corrected chi connectivity index (χ4v) is 5.44. The molecule has 0 spiro atoms. The summed E-state index contributed by atoms with van der Waals surface area (Å²) in [7, 11) is 0. The van der Waals surface area contributed by atoms with Crippen molar-refractivity contribution in [2.75, 3.05) is 0 Å². The number of aliphatic hydroxyl groups excluding tert-OH is 1. The van der Waals surface area contributed by atoms with E-state index in [-0.39, 0.29) is 42.2 Å². The number of ether oxygens (including phenoxy) is 2. The molecule has 1 aliphatic heterocycles. The van der Waals surface area contributed by atoms with Crippen molar-refractivity contribution in [3.8, 4) is 0 Å². The molecule has 3 aliphatic rings. The van der Waals surface area contributed by atoms with Gasteiger partial charge in [0.2, 0.25) is 0 Å². The Bertz CT molecular complexity index is 715. The maximum atomic E-state index is 12.6. The number of cyclic esters (lactones) is 1. The molecule has 1 saturated heterocycles.